The van der Waals surface area contributed by atoms with Crippen molar-refractivity contribution < 1.29 is 9.59 Å². The monoisotopic (exact) mass is 422 g/mol. The van der Waals surface area contributed by atoms with Crippen molar-refractivity contribution in [2.24, 2.45) is 0 Å². The van der Waals surface area contributed by atoms with Crippen LogP contribution < -0.4 is 10.6 Å². The zero-order chi connectivity index (χ0) is 20.5. The molecule has 0 heterocycles. The Morgan fingerprint density at radius 2 is 1.00 bits per heavy atom. The van der Waals surface area contributed by atoms with Crippen LogP contribution in [-0.2, 0) is 22.4 Å². The SMILES string of the molecule is O=C(CCCl)NCCc1ccccc1.O=C(CCCl)NCCc1ccccc1. The Hall–Kier alpha value is -2.04. The number of carbonyl (C=O) groups is 2. The van der Waals surface area contributed by atoms with Gasteiger partial charge in [0, 0.05) is 37.7 Å². The van der Waals surface area contributed by atoms with Crippen molar-refractivity contribution in [3.05, 3.63) is 71.8 Å². The van der Waals surface area contributed by atoms with E-state index in [1.165, 1.54) is 11.1 Å². The molecular weight excluding hydrogens is 395 g/mol. The molecule has 0 aliphatic rings. The van der Waals surface area contributed by atoms with Gasteiger partial charge < -0.3 is 10.6 Å². The summed E-state index contributed by atoms with van der Waals surface area (Å²) in [5.41, 5.74) is 2.47. The first-order valence-corrected chi connectivity index (χ1v) is 10.5. The van der Waals surface area contributed by atoms with Gasteiger partial charge in [-0.2, -0.15) is 0 Å². The lowest BCUT2D eigenvalue weighted by molar-refractivity contribution is -0.121. The Labute approximate surface area is 177 Å². The van der Waals surface area contributed by atoms with Gasteiger partial charge in [0.05, 0.1) is 0 Å². The summed E-state index contributed by atoms with van der Waals surface area (Å²) in [5, 5.41) is 5.62. The lowest BCUT2D eigenvalue weighted by Gasteiger charge is -2.03. The van der Waals surface area contributed by atoms with E-state index in [9.17, 15) is 9.59 Å². The highest BCUT2D eigenvalue weighted by Crippen LogP contribution is 1.99. The predicted molar refractivity (Wildman–Crippen MR) is 117 cm³/mol. The fraction of sp³-hybridized carbons (Fsp3) is 0.364. The van der Waals surface area contributed by atoms with Crippen LogP contribution >= 0.6 is 23.2 Å². The molecule has 2 aromatic rings. The molecule has 0 fully saturated rings. The smallest absolute Gasteiger partial charge is 0.221 e. The van der Waals surface area contributed by atoms with Crippen LogP contribution in [-0.4, -0.2) is 36.7 Å². The van der Waals surface area contributed by atoms with E-state index in [0.29, 0.717) is 37.7 Å². The number of nitrogens with one attached hydrogen (secondary N) is 2. The number of hydrogen-bond acceptors (Lipinski definition) is 2. The van der Waals surface area contributed by atoms with Gasteiger partial charge in [-0.05, 0) is 24.0 Å². The summed E-state index contributed by atoms with van der Waals surface area (Å²) in [6.45, 7) is 1.36. The third-order valence-corrected chi connectivity index (χ3v) is 4.18. The molecule has 2 rings (SSSR count). The third-order valence-electron chi connectivity index (χ3n) is 3.80. The largest absolute Gasteiger partial charge is 0.356 e. The molecule has 0 saturated carbocycles. The number of rotatable bonds is 10. The summed E-state index contributed by atoms with van der Waals surface area (Å²) in [6.07, 6.45) is 2.54. The van der Waals surface area contributed by atoms with Gasteiger partial charge in [0.2, 0.25) is 11.8 Å². The average molecular weight is 423 g/mol. The van der Waals surface area contributed by atoms with Crippen molar-refractivity contribution in [3.63, 3.8) is 0 Å². The topological polar surface area (TPSA) is 58.2 Å². The Morgan fingerprint density at radius 1 is 0.643 bits per heavy atom. The number of hydrogen-bond donors (Lipinski definition) is 2. The van der Waals surface area contributed by atoms with Crippen molar-refractivity contribution >= 4 is 35.0 Å². The number of amides is 2. The fourth-order valence-electron chi connectivity index (χ4n) is 2.33. The van der Waals surface area contributed by atoms with Gasteiger partial charge in [0.15, 0.2) is 0 Å². The predicted octanol–water partition coefficient (Wildman–Crippen LogP) is 3.95. The Morgan fingerprint density at radius 3 is 1.32 bits per heavy atom. The maximum Gasteiger partial charge on any atom is 0.221 e. The van der Waals surface area contributed by atoms with Crippen molar-refractivity contribution in [2.45, 2.75) is 25.7 Å². The fourth-order valence-corrected chi connectivity index (χ4v) is 2.67. The first-order chi connectivity index (χ1) is 13.7. The van der Waals surface area contributed by atoms with E-state index in [4.69, 9.17) is 23.2 Å². The minimum atomic E-state index is 0.0240. The van der Waals surface area contributed by atoms with Gasteiger partial charge in [-0.15, -0.1) is 23.2 Å². The average Bonchev–Trinajstić information content (AvgIpc) is 2.71. The van der Waals surface area contributed by atoms with E-state index < -0.39 is 0 Å². The zero-order valence-corrected chi connectivity index (χ0v) is 17.5. The molecule has 6 heteroatoms. The molecule has 2 amide bonds. The lowest BCUT2D eigenvalue weighted by atomic mass is 10.1. The molecule has 0 bridgehead atoms. The Kier molecular flexibility index (Phi) is 13.7. The summed E-state index contributed by atoms with van der Waals surface area (Å²) in [7, 11) is 0. The molecule has 0 spiro atoms. The Balaban J connectivity index is 0.000000280. The minimum absolute atomic E-state index is 0.0240. The van der Waals surface area contributed by atoms with Crippen LogP contribution in [0.2, 0.25) is 0 Å². The second-order valence-corrected chi connectivity index (χ2v) is 6.80. The number of alkyl halides is 2. The summed E-state index contributed by atoms with van der Waals surface area (Å²) < 4.78 is 0. The molecule has 0 aliphatic carbocycles. The van der Waals surface area contributed by atoms with Gasteiger partial charge in [-0.3, -0.25) is 9.59 Å². The van der Waals surface area contributed by atoms with Crippen LogP contribution in [0, 0.1) is 0 Å². The van der Waals surface area contributed by atoms with Crippen molar-refractivity contribution in [1.29, 1.82) is 0 Å². The second kappa shape index (κ2) is 16.0. The van der Waals surface area contributed by atoms with Crippen LogP contribution in [0.3, 0.4) is 0 Å². The summed E-state index contributed by atoms with van der Waals surface area (Å²) in [5.74, 6) is 0.820. The van der Waals surface area contributed by atoms with E-state index in [0.717, 1.165) is 12.8 Å². The summed E-state index contributed by atoms with van der Waals surface area (Å²) in [4.78, 5) is 22.1. The summed E-state index contributed by atoms with van der Waals surface area (Å²) in [6, 6.07) is 20.1. The van der Waals surface area contributed by atoms with Gasteiger partial charge in [-0.25, -0.2) is 0 Å². The van der Waals surface area contributed by atoms with E-state index in [-0.39, 0.29) is 11.8 Å². The molecule has 2 N–H and O–H groups in total. The molecule has 0 radical (unpaired) electrons. The van der Waals surface area contributed by atoms with E-state index >= 15 is 0 Å². The molecule has 0 aliphatic heterocycles. The standard InChI is InChI=1S/2C11H14ClNO/c2*12-8-6-11(14)13-9-7-10-4-2-1-3-5-10/h2*1-5H,6-9H2,(H,13,14). The van der Waals surface area contributed by atoms with Crippen LogP contribution in [0.1, 0.15) is 24.0 Å². The second-order valence-electron chi connectivity index (χ2n) is 6.05. The Bertz CT molecular complexity index is 607. The van der Waals surface area contributed by atoms with Crippen LogP contribution in [0.25, 0.3) is 0 Å². The number of benzene rings is 2. The van der Waals surface area contributed by atoms with Gasteiger partial charge >= 0.3 is 0 Å². The minimum Gasteiger partial charge on any atom is -0.356 e. The normalized spacial score (nSPS) is 9.79. The first kappa shape index (κ1) is 24.0. The van der Waals surface area contributed by atoms with E-state index in [1.54, 1.807) is 0 Å². The van der Waals surface area contributed by atoms with Crippen molar-refractivity contribution in [3.8, 4) is 0 Å². The molecule has 0 atom stereocenters. The number of carbonyl (C=O) groups excluding carboxylic acids is 2. The third kappa shape index (κ3) is 12.4. The maximum atomic E-state index is 11.0. The maximum absolute atomic E-state index is 11.0. The molecule has 0 unspecified atom stereocenters. The highest BCUT2D eigenvalue weighted by atomic mass is 35.5. The molecule has 0 saturated heterocycles. The quantitative estimate of drug-likeness (QED) is 0.569. The molecule has 152 valence electrons. The van der Waals surface area contributed by atoms with E-state index in [2.05, 4.69) is 10.6 Å². The van der Waals surface area contributed by atoms with Crippen molar-refractivity contribution in [1.82, 2.24) is 10.6 Å². The highest BCUT2D eigenvalue weighted by Gasteiger charge is 1.99. The summed E-state index contributed by atoms with van der Waals surface area (Å²) >= 11 is 10.9. The lowest BCUT2D eigenvalue weighted by Crippen LogP contribution is -2.25. The highest BCUT2D eigenvalue weighted by molar-refractivity contribution is 6.19. The van der Waals surface area contributed by atoms with Crippen LogP contribution in [0.4, 0.5) is 0 Å². The molecule has 28 heavy (non-hydrogen) atoms. The molecular formula is C22H28Cl2N2O2. The van der Waals surface area contributed by atoms with Crippen molar-refractivity contribution in [2.75, 3.05) is 24.8 Å². The van der Waals surface area contributed by atoms with Gasteiger partial charge in [0.25, 0.3) is 0 Å². The number of halogens is 2. The van der Waals surface area contributed by atoms with Crippen LogP contribution in [0.15, 0.2) is 60.7 Å². The van der Waals surface area contributed by atoms with Gasteiger partial charge in [0.1, 0.15) is 0 Å². The van der Waals surface area contributed by atoms with E-state index in [1.807, 2.05) is 60.7 Å². The molecule has 4 nitrogen and oxygen atoms in total. The first-order valence-electron chi connectivity index (χ1n) is 9.39. The van der Waals surface area contributed by atoms with Gasteiger partial charge in [-0.1, -0.05) is 60.7 Å². The van der Waals surface area contributed by atoms with Crippen LogP contribution in [0.5, 0.6) is 0 Å². The molecule has 0 aromatic heterocycles. The zero-order valence-electron chi connectivity index (χ0n) is 16.0. The molecule has 2 aromatic carbocycles.